The zero-order valence-corrected chi connectivity index (χ0v) is 14.3. The van der Waals surface area contributed by atoms with Crippen molar-refractivity contribution in [1.82, 2.24) is 20.6 Å². The van der Waals surface area contributed by atoms with Gasteiger partial charge >= 0.3 is 0 Å². The van der Waals surface area contributed by atoms with E-state index in [1.807, 2.05) is 6.07 Å². The van der Waals surface area contributed by atoms with E-state index in [-0.39, 0.29) is 11.7 Å². The van der Waals surface area contributed by atoms with E-state index in [0.29, 0.717) is 22.8 Å². The summed E-state index contributed by atoms with van der Waals surface area (Å²) >= 11 is 0. The first-order chi connectivity index (χ1) is 12.5. The number of tetrazole rings is 1. The Hall–Kier alpha value is -3.55. The van der Waals surface area contributed by atoms with Crippen LogP contribution in [0.15, 0.2) is 48.5 Å². The average molecular weight is 351 g/mol. The van der Waals surface area contributed by atoms with Gasteiger partial charge in [-0.1, -0.05) is 12.1 Å². The summed E-state index contributed by atoms with van der Waals surface area (Å²) in [5.74, 6) is 0.629. The van der Waals surface area contributed by atoms with Crippen LogP contribution in [0.4, 0.5) is 5.69 Å². The van der Waals surface area contributed by atoms with Crippen LogP contribution in [0.1, 0.15) is 24.2 Å². The molecule has 3 rings (SSSR count). The molecule has 26 heavy (non-hydrogen) atoms. The SMILES string of the molecule is CC(=O)c1ccc(OC(C)C(=O)Nc2cccc(-c3nn[nH]n3)c2)cc1. The fourth-order valence-corrected chi connectivity index (χ4v) is 2.29. The van der Waals surface area contributed by atoms with E-state index in [0.717, 1.165) is 5.56 Å². The summed E-state index contributed by atoms with van der Waals surface area (Å²) in [6, 6.07) is 13.8. The molecule has 0 aliphatic rings. The lowest BCUT2D eigenvalue weighted by atomic mass is 10.1. The molecule has 1 heterocycles. The van der Waals surface area contributed by atoms with Crippen LogP contribution >= 0.6 is 0 Å². The number of H-pyrrole nitrogens is 1. The number of hydrogen-bond acceptors (Lipinski definition) is 6. The minimum atomic E-state index is -0.716. The van der Waals surface area contributed by atoms with Crippen LogP contribution < -0.4 is 10.1 Å². The van der Waals surface area contributed by atoms with Crippen LogP contribution in [-0.4, -0.2) is 38.4 Å². The van der Waals surface area contributed by atoms with Crippen LogP contribution in [-0.2, 0) is 4.79 Å². The van der Waals surface area contributed by atoms with Crippen molar-refractivity contribution in [1.29, 1.82) is 0 Å². The quantitative estimate of drug-likeness (QED) is 0.660. The number of ether oxygens (including phenoxy) is 1. The Bertz CT molecular complexity index is 907. The van der Waals surface area contributed by atoms with Gasteiger partial charge in [0.1, 0.15) is 5.75 Å². The number of benzene rings is 2. The molecule has 0 radical (unpaired) electrons. The number of carbonyl (C=O) groups excluding carboxylic acids is 2. The van der Waals surface area contributed by atoms with Crippen molar-refractivity contribution in [3.63, 3.8) is 0 Å². The average Bonchev–Trinajstić information content (AvgIpc) is 3.17. The van der Waals surface area contributed by atoms with E-state index in [4.69, 9.17) is 4.74 Å². The lowest BCUT2D eigenvalue weighted by Crippen LogP contribution is -2.30. The second-order valence-corrected chi connectivity index (χ2v) is 5.65. The predicted octanol–water partition coefficient (Wildman–Crippen LogP) is 2.48. The summed E-state index contributed by atoms with van der Waals surface area (Å²) in [5.41, 5.74) is 1.91. The Morgan fingerprint density at radius 1 is 1.15 bits per heavy atom. The molecule has 8 heteroatoms. The zero-order valence-electron chi connectivity index (χ0n) is 14.3. The Labute approximate surface area is 149 Å². The molecule has 1 atom stereocenters. The van der Waals surface area contributed by atoms with Gasteiger partial charge in [0, 0.05) is 16.8 Å². The number of anilines is 1. The first-order valence-electron chi connectivity index (χ1n) is 7.95. The summed E-state index contributed by atoms with van der Waals surface area (Å²) in [6.07, 6.45) is -0.716. The van der Waals surface area contributed by atoms with Crippen LogP contribution in [0, 0.1) is 0 Å². The van der Waals surface area contributed by atoms with Crippen LogP contribution in [0.3, 0.4) is 0 Å². The van der Waals surface area contributed by atoms with Crippen molar-refractivity contribution < 1.29 is 14.3 Å². The van der Waals surface area contributed by atoms with E-state index >= 15 is 0 Å². The summed E-state index contributed by atoms with van der Waals surface area (Å²) in [6.45, 7) is 3.14. The number of hydrogen-bond donors (Lipinski definition) is 2. The van der Waals surface area contributed by atoms with E-state index in [9.17, 15) is 9.59 Å². The van der Waals surface area contributed by atoms with Crippen molar-refractivity contribution in [2.75, 3.05) is 5.32 Å². The van der Waals surface area contributed by atoms with E-state index in [1.54, 1.807) is 49.4 Å². The zero-order chi connectivity index (χ0) is 18.5. The number of amides is 1. The Morgan fingerprint density at radius 2 is 1.92 bits per heavy atom. The van der Waals surface area contributed by atoms with Crippen LogP contribution in [0.2, 0.25) is 0 Å². The molecule has 0 saturated carbocycles. The van der Waals surface area contributed by atoms with Gasteiger partial charge < -0.3 is 10.1 Å². The highest BCUT2D eigenvalue weighted by Gasteiger charge is 2.15. The molecule has 0 aliphatic heterocycles. The standard InChI is InChI=1S/C18H17N5O3/c1-11(24)13-6-8-16(9-7-13)26-12(2)18(25)19-15-5-3-4-14(10-15)17-20-22-23-21-17/h3-10,12H,1-2H3,(H,19,25)(H,20,21,22,23). The molecule has 8 nitrogen and oxygen atoms in total. The third kappa shape index (κ3) is 4.10. The number of nitrogens with zero attached hydrogens (tertiary/aromatic N) is 3. The summed E-state index contributed by atoms with van der Waals surface area (Å²) in [5, 5.41) is 16.5. The van der Waals surface area contributed by atoms with E-state index in [2.05, 4.69) is 25.9 Å². The fourth-order valence-electron chi connectivity index (χ4n) is 2.29. The number of aromatic amines is 1. The molecule has 132 valence electrons. The highest BCUT2D eigenvalue weighted by Crippen LogP contribution is 2.19. The summed E-state index contributed by atoms with van der Waals surface area (Å²) < 4.78 is 5.62. The summed E-state index contributed by atoms with van der Waals surface area (Å²) in [4.78, 5) is 23.6. The van der Waals surface area contributed by atoms with Gasteiger partial charge in [0.05, 0.1) is 0 Å². The van der Waals surface area contributed by atoms with Gasteiger partial charge in [-0.2, -0.15) is 5.21 Å². The molecule has 1 unspecified atom stereocenters. The molecule has 1 aromatic heterocycles. The third-order valence-electron chi connectivity index (χ3n) is 3.68. The Balaban J connectivity index is 1.64. The predicted molar refractivity (Wildman–Crippen MR) is 94.8 cm³/mol. The largest absolute Gasteiger partial charge is 0.481 e. The molecule has 0 bridgehead atoms. The van der Waals surface area contributed by atoms with Crippen molar-refractivity contribution in [3.8, 4) is 17.1 Å². The van der Waals surface area contributed by atoms with Crippen molar-refractivity contribution in [2.24, 2.45) is 0 Å². The second-order valence-electron chi connectivity index (χ2n) is 5.65. The van der Waals surface area contributed by atoms with E-state index in [1.165, 1.54) is 6.92 Å². The number of nitrogens with one attached hydrogen (secondary N) is 2. The first-order valence-corrected chi connectivity index (χ1v) is 7.95. The molecule has 3 aromatic rings. The Kier molecular flexibility index (Phi) is 5.02. The molecule has 0 saturated heterocycles. The molecule has 0 aliphatic carbocycles. The minimum absolute atomic E-state index is 0.0242. The number of Topliss-reactive ketones (excluding diaryl/α,β-unsaturated/α-hetero) is 1. The maximum absolute atomic E-state index is 12.3. The van der Waals surface area contributed by atoms with Crippen molar-refractivity contribution in [2.45, 2.75) is 20.0 Å². The van der Waals surface area contributed by atoms with Crippen LogP contribution in [0.25, 0.3) is 11.4 Å². The molecule has 2 N–H and O–H groups in total. The maximum Gasteiger partial charge on any atom is 0.265 e. The third-order valence-corrected chi connectivity index (χ3v) is 3.68. The van der Waals surface area contributed by atoms with Gasteiger partial charge in [-0.05, 0) is 55.5 Å². The molecule has 2 aromatic carbocycles. The summed E-state index contributed by atoms with van der Waals surface area (Å²) in [7, 11) is 0. The van der Waals surface area contributed by atoms with E-state index < -0.39 is 6.10 Å². The second kappa shape index (κ2) is 7.56. The maximum atomic E-state index is 12.3. The lowest BCUT2D eigenvalue weighted by molar-refractivity contribution is -0.122. The smallest absolute Gasteiger partial charge is 0.265 e. The fraction of sp³-hybridized carbons (Fsp3) is 0.167. The van der Waals surface area contributed by atoms with Gasteiger partial charge in [0.25, 0.3) is 5.91 Å². The number of aromatic nitrogens is 4. The normalized spacial score (nSPS) is 11.6. The minimum Gasteiger partial charge on any atom is -0.481 e. The molecule has 0 fully saturated rings. The van der Waals surface area contributed by atoms with Gasteiger partial charge in [-0.25, -0.2) is 0 Å². The number of carbonyl (C=O) groups is 2. The molecule has 0 spiro atoms. The monoisotopic (exact) mass is 351 g/mol. The topological polar surface area (TPSA) is 110 Å². The Morgan fingerprint density at radius 3 is 2.58 bits per heavy atom. The van der Waals surface area contributed by atoms with Crippen LogP contribution in [0.5, 0.6) is 5.75 Å². The lowest BCUT2D eigenvalue weighted by Gasteiger charge is -2.15. The number of rotatable bonds is 6. The van der Waals surface area contributed by atoms with Crippen molar-refractivity contribution in [3.05, 3.63) is 54.1 Å². The first kappa shape index (κ1) is 17.3. The van der Waals surface area contributed by atoms with Crippen molar-refractivity contribution >= 4 is 17.4 Å². The molecular formula is C18H17N5O3. The van der Waals surface area contributed by atoms with Gasteiger partial charge in [0.2, 0.25) is 5.82 Å². The number of ketones is 1. The van der Waals surface area contributed by atoms with Gasteiger partial charge in [-0.15, -0.1) is 10.2 Å². The molecule has 1 amide bonds. The van der Waals surface area contributed by atoms with Gasteiger partial charge in [-0.3, -0.25) is 9.59 Å². The highest BCUT2D eigenvalue weighted by atomic mass is 16.5. The van der Waals surface area contributed by atoms with Gasteiger partial charge in [0.15, 0.2) is 11.9 Å². The highest BCUT2D eigenvalue weighted by molar-refractivity contribution is 5.95. The molecular weight excluding hydrogens is 334 g/mol.